The summed E-state index contributed by atoms with van der Waals surface area (Å²) in [6, 6.07) is 10.7. The first-order valence-corrected chi connectivity index (χ1v) is 11.2. The lowest BCUT2D eigenvalue weighted by Crippen LogP contribution is -2.16. The molecule has 0 amide bonds. The molecule has 0 radical (unpaired) electrons. The largest absolute Gasteiger partial charge is 0.383 e. The predicted molar refractivity (Wildman–Crippen MR) is 124 cm³/mol. The van der Waals surface area contributed by atoms with Crippen molar-refractivity contribution in [2.75, 3.05) is 5.73 Å². The van der Waals surface area contributed by atoms with E-state index in [1.165, 1.54) is 49.7 Å². The maximum Gasteiger partial charge on any atom is 0.165 e. The highest BCUT2D eigenvalue weighted by molar-refractivity contribution is 14.1. The first-order valence-electron chi connectivity index (χ1n) is 10.2. The summed E-state index contributed by atoms with van der Waals surface area (Å²) in [5.74, 6) is 0.980. The highest BCUT2D eigenvalue weighted by atomic mass is 127. The first-order chi connectivity index (χ1) is 14.1. The maximum absolute atomic E-state index is 6.11. The van der Waals surface area contributed by atoms with Gasteiger partial charge >= 0.3 is 0 Å². The molecule has 1 saturated carbocycles. The highest BCUT2D eigenvalue weighted by Crippen LogP contribution is 2.38. The molecule has 1 aromatic carbocycles. The van der Waals surface area contributed by atoms with Crippen LogP contribution in [0.5, 0.6) is 0 Å². The summed E-state index contributed by atoms with van der Waals surface area (Å²) in [6.45, 7) is 2.18. The van der Waals surface area contributed by atoms with Crippen molar-refractivity contribution in [1.29, 1.82) is 0 Å². The molecule has 1 fully saturated rings. The minimum atomic E-state index is 0.00403. The number of nitrogens with zero attached hydrogens (tertiary/aromatic N) is 5. The molecule has 0 bridgehead atoms. The molecule has 4 aromatic rings. The zero-order valence-electron chi connectivity index (χ0n) is 16.3. The Kier molecular flexibility index (Phi) is 4.85. The number of nitrogens with two attached hydrogens (primary N) is 1. The van der Waals surface area contributed by atoms with Crippen LogP contribution in [-0.2, 0) is 0 Å². The molecule has 6 nitrogen and oxygen atoms in total. The molecule has 29 heavy (non-hydrogen) atoms. The minimum absolute atomic E-state index is 0.00403. The quantitative estimate of drug-likeness (QED) is 0.392. The van der Waals surface area contributed by atoms with E-state index >= 15 is 0 Å². The van der Waals surface area contributed by atoms with E-state index < -0.39 is 0 Å². The Morgan fingerprint density at radius 1 is 1.14 bits per heavy atom. The molecule has 2 N–H and O–H groups in total. The second-order valence-corrected chi connectivity index (χ2v) is 8.88. The van der Waals surface area contributed by atoms with Crippen molar-refractivity contribution in [1.82, 2.24) is 24.7 Å². The highest BCUT2D eigenvalue weighted by Gasteiger charge is 2.26. The van der Waals surface area contributed by atoms with E-state index in [9.17, 15) is 0 Å². The summed E-state index contributed by atoms with van der Waals surface area (Å²) >= 11 is 2.22. The summed E-state index contributed by atoms with van der Waals surface area (Å²) in [6.07, 6.45) is 7.81. The molecule has 5 rings (SSSR count). The van der Waals surface area contributed by atoms with Crippen LogP contribution in [0.15, 0.2) is 36.7 Å². The van der Waals surface area contributed by atoms with Crippen LogP contribution in [0.3, 0.4) is 0 Å². The Hall–Kier alpha value is -2.29. The molecule has 1 aliphatic carbocycles. The molecule has 3 aromatic heterocycles. The van der Waals surface area contributed by atoms with Gasteiger partial charge in [-0.25, -0.2) is 14.6 Å². The fourth-order valence-electron chi connectivity index (χ4n) is 4.54. The summed E-state index contributed by atoms with van der Waals surface area (Å²) in [7, 11) is 0. The third-order valence-corrected chi connectivity index (χ3v) is 6.82. The smallest absolute Gasteiger partial charge is 0.165 e. The third-order valence-electron chi connectivity index (χ3n) is 6.07. The van der Waals surface area contributed by atoms with Gasteiger partial charge in [0.2, 0.25) is 0 Å². The van der Waals surface area contributed by atoms with Gasteiger partial charge in [0.15, 0.2) is 5.65 Å². The van der Waals surface area contributed by atoms with Gasteiger partial charge in [-0.15, -0.1) is 0 Å². The second kappa shape index (κ2) is 7.51. The average molecular weight is 498 g/mol. The topological polar surface area (TPSA) is 82.5 Å². The molecular formula is C22H23IN6. The fourth-order valence-corrected chi connectivity index (χ4v) is 5.29. The van der Waals surface area contributed by atoms with Crippen LogP contribution in [0.2, 0.25) is 0 Å². The summed E-state index contributed by atoms with van der Waals surface area (Å²) < 4.78 is 2.81. The van der Waals surface area contributed by atoms with Crippen molar-refractivity contribution in [3.05, 3.63) is 51.6 Å². The molecule has 0 aliphatic heterocycles. The van der Waals surface area contributed by atoms with E-state index in [0.29, 0.717) is 11.7 Å². The average Bonchev–Trinajstić information content (AvgIpc) is 3.10. The number of halogens is 1. The zero-order valence-corrected chi connectivity index (χ0v) is 18.5. The summed E-state index contributed by atoms with van der Waals surface area (Å²) in [5, 5.41) is 6.77. The van der Waals surface area contributed by atoms with E-state index in [0.717, 1.165) is 25.6 Å². The van der Waals surface area contributed by atoms with Gasteiger partial charge in [0.05, 0.1) is 16.9 Å². The Morgan fingerprint density at radius 2 is 1.93 bits per heavy atom. The van der Waals surface area contributed by atoms with Crippen LogP contribution in [-0.4, -0.2) is 24.7 Å². The van der Waals surface area contributed by atoms with Crippen molar-refractivity contribution in [3.63, 3.8) is 0 Å². The van der Waals surface area contributed by atoms with Gasteiger partial charge in [0.25, 0.3) is 0 Å². The van der Waals surface area contributed by atoms with Crippen molar-refractivity contribution < 1.29 is 0 Å². The summed E-state index contributed by atoms with van der Waals surface area (Å²) in [5.41, 5.74) is 10.4. The molecule has 3 heterocycles. The van der Waals surface area contributed by atoms with E-state index in [-0.39, 0.29) is 6.04 Å². The van der Waals surface area contributed by atoms with Crippen LogP contribution >= 0.6 is 22.6 Å². The van der Waals surface area contributed by atoms with Gasteiger partial charge in [-0.05, 0) is 60.1 Å². The number of anilines is 1. The van der Waals surface area contributed by atoms with Gasteiger partial charge in [-0.2, -0.15) is 5.10 Å². The molecule has 148 valence electrons. The number of nitrogen functional groups attached to an aromatic ring is 1. The van der Waals surface area contributed by atoms with Crippen molar-refractivity contribution in [2.45, 2.75) is 51.0 Å². The Morgan fingerprint density at radius 3 is 2.76 bits per heavy atom. The number of fused-ring (bicyclic) bond motifs is 2. The lowest BCUT2D eigenvalue weighted by Gasteiger charge is -2.26. The van der Waals surface area contributed by atoms with Crippen LogP contribution < -0.4 is 5.73 Å². The molecule has 0 saturated heterocycles. The first kappa shape index (κ1) is 18.7. The van der Waals surface area contributed by atoms with Crippen molar-refractivity contribution in [2.24, 2.45) is 0 Å². The van der Waals surface area contributed by atoms with E-state index in [1.807, 2.05) is 4.68 Å². The Labute approximate surface area is 183 Å². The van der Waals surface area contributed by atoms with Crippen LogP contribution in [0.4, 0.5) is 5.82 Å². The molecule has 1 atom stereocenters. The fraction of sp³-hybridized carbons (Fsp3) is 0.364. The number of benzene rings is 1. The monoisotopic (exact) mass is 498 g/mol. The second-order valence-electron chi connectivity index (χ2n) is 7.86. The van der Waals surface area contributed by atoms with E-state index in [1.54, 1.807) is 0 Å². The number of hydrogen-bond acceptors (Lipinski definition) is 5. The number of aromatic nitrogens is 5. The number of rotatable bonds is 3. The van der Waals surface area contributed by atoms with Gasteiger partial charge in [0, 0.05) is 17.0 Å². The zero-order chi connectivity index (χ0) is 20.0. The van der Waals surface area contributed by atoms with Gasteiger partial charge in [0.1, 0.15) is 15.8 Å². The van der Waals surface area contributed by atoms with Gasteiger partial charge in [-0.1, -0.05) is 37.5 Å². The molecule has 0 spiro atoms. The number of para-hydroxylation sites is 1. The van der Waals surface area contributed by atoms with Crippen LogP contribution in [0.1, 0.15) is 62.2 Å². The van der Waals surface area contributed by atoms with Crippen LogP contribution in [0.25, 0.3) is 21.9 Å². The SMILES string of the molecule is CC(c1cc2ccccc2nc1C1CCCCC1)n1nc(I)c2c(N)ncnc21. The molecule has 1 aliphatic rings. The summed E-state index contributed by atoms with van der Waals surface area (Å²) in [4.78, 5) is 13.8. The normalized spacial score (nSPS) is 16.5. The standard InChI is InChI=1S/C22H23IN6/c1-13(29-22-18(20(23)28-29)21(24)25-12-26-22)16-11-15-9-5-6-10-17(15)27-19(16)14-7-3-2-4-8-14/h5-6,9-14H,2-4,7-8H2,1H3,(H2,24,25,26). The Bertz CT molecular complexity index is 1190. The minimum Gasteiger partial charge on any atom is -0.383 e. The van der Waals surface area contributed by atoms with Crippen molar-refractivity contribution >= 4 is 50.3 Å². The van der Waals surface area contributed by atoms with Crippen molar-refractivity contribution in [3.8, 4) is 0 Å². The van der Waals surface area contributed by atoms with Gasteiger partial charge in [-0.3, -0.25) is 4.98 Å². The molecular weight excluding hydrogens is 475 g/mol. The molecule has 7 heteroatoms. The lowest BCUT2D eigenvalue weighted by atomic mass is 9.83. The van der Waals surface area contributed by atoms with E-state index in [2.05, 4.69) is 69.8 Å². The maximum atomic E-state index is 6.11. The van der Waals surface area contributed by atoms with Gasteiger partial charge < -0.3 is 5.73 Å². The molecule has 1 unspecified atom stereocenters. The third kappa shape index (κ3) is 3.25. The predicted octanol–water partition coefficient (Wildman–Crippen LogP) is 5.22. The van der Waals surface area contributed by atoms with E-state index in [4.69, 9.17) is 15.8 Å². The lowest BCUT2D eigenvalue weighted by molar-refractivity contribution is 0.430. The number of hydrogen-bond donors (Lipinski definition) is 1. The number of pyridine rings is 1. The van der Waals surface area contributed by atoms with Crippen LogP contribution in [0, 0.1) is 3.70 Å². The Balaban J connectivity index is 1.70.